The van der Waals surface area contributed by atoms with Crippen LogP contribution in [-0.2, 0) is 9.53 Å². The predicted molar refractivity (Wildman–Crippen MR) is 43.4 cm³/mol. The molecule has 0 N–H and O–H groups in total. The molecule has 12 heavy (non-hydrogen) atoms. The zero-order valence-corrected chi connectivity index (χ0v) is 7.17. The van der Waals surface area contributed by atoms with Crippen molar-refractivity contribution >= 4 is 5.97 Å². The molecule has 1 unspecified atom stereocenters. The van der Waals surface area contributed by atoms with Gasteiger partial charge in [0.1, 0.15) is 5.60 Å². The third-order valence-electron chi connectivity index (χ3n) is 3.73. The van der Waals surface area contributed by atoms with Crippen molar-refractivity contribution in [3.05, 3.63) is 11.6 Å². The largest absolute Gasteiger partial charge is 0.451 e. The first-order chi connectivity index (χ1) is 5.75. The molecule has 0 aromatic heterocycles. The summed E-state index contributed by atoms with van der Waals surface area (Å²) in [5.41, 5.74) is 1.07. The van der Waals surface area contributed by atoms with E-state index in [2.05, 4.69) is 0 Å². The highest BCUT2D eigenvalue weighted by molar-refractivity contribution is 5.87. The molecule has 2 saturated carbocycles. The van der Waals surface area contributed by atoms with E-state index < -0.39 is 0 Å². The van der Waals surface area contributed by atoms with Crippen LogP contribution in [0.5, 0.6) is 0 Å². The fourth-order valence-corrected chi connectivity index (χ4v) is 3.20. The van der Waals surface area contributed by atoms with Crippen LogP contribution >= 0.6 is 0 Å². The van der Waals surface area contributed by atoms with E-state index in [-0.39, 0.29) is 11.6 Å². The average molecular weight is 164 g/mol. The lowest BCUT2D eigenvalue weighted by molar-refractivity contribution is -0.141. The maximum absolute atomic E-state index is 11.0. The number of ether oxygens (including phenoxy) is 1. The Hall–Kier alpha value is -0.790. The molecule has 1 heterocycles. The molecule has 2 heteroatoms. The maximum Gasteiger partial charge on any atom is 0.331 e. The second kappa shape index (κ2) is 1.76. The standard InChI is InChI=1S/C10H12O2/c1-6-5-9(11)12-10(6)7-3-2-4-8(7)10/h5,7-8H,2-4H2,1H3/t7-,8+,10?. The summed E-state index contributed by atoms with van der Waals surface area (Å²) in [5.74, 6) is 1.21. The number of carbonyl (C=O) groups is 1. The van der Waals surface area contributed by atoms with Gasteiger partial charge in [-0.3, -0.25) is 0 Å². The zero-order valence-electron chi connectivity index (χ0n) is 7.17. The summed E-state index contributed by atoms with van der Waals surface area (Å²) in [4.78, 5) is 11.0. The summed E-state index contributed by atoms with van der Waals surface area (Å²) in [6.45, 7) is 2.03. The molecule has 0 saturated heterocycles. The fourth-order valence-electron chi connectivity index (χ4n) is 3.20. The monoisotopic (exact) mass is 164 g/mol. The highest BCUT2D eigenvalue weighted by atomic mass is 16.6. The minimum Gasteiger partial charge on any atom is -0.451 e. The van der Waals surface area contributed by atoms with E-state index in [1.165, 1.54) is 24.8 Å². The van der Waals surface area contributed by atoms with Crippen LogP contribution in [0.25, 0.3) is 0 Å². The van der Waals surface area contributed by atoms with E-state index in [1.54, 1.807) is 6.08 Å². The molecule has 3 atom stereocenters. The van der Waals surface area contributed by atoms with Crippen molar-refractivity contribution in [3.8, 4) is 0 Å². The average Bonchev–Trinajstić information content (AvgIpc) is 2.44. The van der Waals surface area contributed by atoms with Crippen LogP contribution in [0.3, 0.4) is 0 Å². The molecule has 3 rings (SSSR count). The first-order valence-electron chi connectivity index (χ1n) is 4.67. The SMILES string of the molecule is CC1=CC(=O)OC12[C@@H]1CCC[C@@H]12. The normalized spacial score (nSPS) is 49.1. The Balaban J connectivity index is 1.97. The highest BCUT2D eigenvalue weighted by Gasteiger charge is 2.71. The summed E-state index contributed by atoms with van der Waals surface area (Å²) < 4.78 is 5.41. The van der Waals surface area contributed by atoms with Gasteiger partial charge in [-0.2, -0.15) is 0 Å². The molecule has 2 nitrogen and oxygen atoms in total. The summed E-state index contributed by atoms with van der Waals surface area (Å²) in [6, 6.07) is 0. The van der Waals surface area contributed by atoms with Crippen molar-refractivity contribution in [2.24, 2.45) is 11.8 Å². The molecular formula is C10H12O2. The van der Waals surface area contributed by atoms with Gasteiger partial charge >= 0.3 is 5.97 Å². The summed E-state index contributed by atoms with van der Waals surface area (Å²) >= 11 is 0. The van der Waals surface area contributed by atoms with Gasteiger partial charge in [0.25, 0.3) is 0 Å². The predicted octanol–water partition coefficient (Wildman–Crippen LogP) is 1.66. The molecule has 2 aliphatic carbocycles. The van der Waals surface area contributed by atoms with Crippen molar-refractivity contribution in [1.29, 1.82) is 0 Å². The van der Waals surface area contributed by atoms with Crippen LogP contribution in [0.4, 0.5) is 0 Å². The van der Waals surface area contributed by atoms with Crippen molar-refractivity contribution in [1.82, 2.24) is 0 Å². The second-order valence-corrected chi connectivity index (χ2v) is 4.19. The van der Waals surface area contributed by atoms with Gasteiger partial charge in [-0.25, -0.2) is 4.79 Å². The van der Waals surface area contributed by atoms with Gasteiger partial charge in [0.15, 0.2) is 0 Å². The number of hydrogen-bond donors (Lipinski definition) is 0. The second-order valence-electron chi connectivity index (χ2n) is 4.19. The Morgan fingerprint density at radius 2 is 2.17 bits per heavy atom. The molecule has 0 aromatic rings. The first-order valence-corrected chi connectivity index (χ1v) is 4.67. The first kappa shape index (κ1) is 6.70. The highest BCUT2D eigenvalue weighted by Crippen LogP contribution is 2.67. The summed E-state index contributed by atoms with van der Waals surface area (Å²) in [6.07, 6.45) is 5.49. The Morgan fingerprint density at radius 3 is 2.67 bits per heavy atom. The molecule has 1 spiro atoms. The number of carbonyl (C=O) groups excluding carboxylic acids is 1. The molecule has 64 valence electrons. The van der Waals surface area contributed by atoms with E-state index in [0.717, 1.165) is 0 Å². The maximum atomic E-state index is 11.0. The van der Waals surface area contributed by atoms with Crippen LogP contribution in [0.15, 0.2) is 11.6 Å². The van der Waals surface area contributed by atoms with Gasteiger partial charge in [0, 0.05) is 17.9 Å². The molecule has 0 aromatic carbocycles. The molecular weight excluding hydrogens is 152 g/mol. The summed E-state index contributed by atoms with van der Waals surface area (Å²) in [7, 11) is 0. The van der Waals surface area contributed by atoms with Crippen LogP contribution in [0.1, 0.15) is 26.2 Å². The lowest BCUT2D eigenvalue weighted by Gasteiger charge is -2.15. The molecule has 3 aliphatic rings. The van der Waals surface area contributed by atoms with E-state index in [0.29, 0.717) is 11.8 Å². The van der Waals surface area contributed by atoms with Crippen LogP contribution in [0.2, 0.25) is 0 Å². The number of esters is 1. The molecule has 0 bridgehead atoms. The van der Waals surface area contributed by atoms with E-state index in [4.69, 9.17) is 4.74 Å². The minimum absolute atomic E-state index is 0.102. The van der Waals surface area contributed by atoms with E-state index in [1.807, 2.05) is 6.92 Å². The lowest BCUT2D eigenvalue weighted by Crippen LogP contribution is -2.19. The molecule has 0 amide bonds. The van der Waals surface area contributed by atoms with Crippen molar-refractivity contribution in [2.45, 2.75) is 31.8 Å². The topological polar surface area (TPSA) is 26.3 Å². The Labute approximate surface area is 71.6 Å². The van der Waals surface area contributed by atoms with Gasteiger partial charge in [-0.15, -0.1) is 0 Å². The Bertz CT molecular complexity index is 280. The van der Waals surface area contributed by atoms with Gasteiger partial charge in [-0.05, 0) is 25.3 Å². The van der Waals surface area contributed by atoms with Crippen LogP contribution in [-0.4, -0.2) is 11.6 Å². The third-order valence-corrected chi connectivity index (χ3v) is 3.73. The Morgan fingerprint density at radius 1 is 1.50 bits per heavy atom. The van der Waals surface area contributed by atoms with Crippen molar-refractivity contribution in [3.63, 3.8) is 0 Å². The molecule has 1 aliphatic heterocycles. The van der Waals surface area contributed by atoms with Crippen LogP contribution in [0, 0.1) is 11.8 Å². The Kier molecular flexibility index (Phi) is 0.980. The van der Waals surface area contributed by atoms with Gasteiger partial charge in [0.05, 0.1) is 0 Å². The van der Waals surface area contributed by atoms with Gasteiger partial charge in [0.2, 0.25) is 0 Å². The fraction of sp³-hybridized carbons (Fsp3) is 0.700. The number of fused-ring (bicyclic) bond motifs is 3. The summed E-state index contributed by atoms with van der Waals surface area (Å²) in [5, 5.41) is 0. The minimum atomic E-state index is -0.123. The number of hydrogen-bond acceptors (Lipinski definition) is 2. The van der Waals surface area contributed by atoms with Crippen molar-refractivity contribution in [2.75, 3.05) is 0 Å². The zero-order chi connectivity index (χ0) is 8.34. The third kappa shape index (κ3) is 0.530. The molecule has 0 radical (unpaired) electrons. The van der Waals surface area contributed by atoms with Gasteiger partial charge in [-0.1, -0.05) is 6.42 Å². The smallest absolute Gasteiger partial charge is 0.331 e. The number of rotatable bonds is 0. The quantitative estimate of drug-likeness (QED) is 0.509. The van der Waals surface area contributed by atoms with E-state index in [9.17, 15) is 4.79 Å². The van der Waals surface area contributed by atoms with Crippen LogP contribution < -0.4 is 0 Å². The molecule has 2 fully saturated rings. The van der Waals surface area contributed by atoms with Gasteiger partial charge < -0.3 is 4.74 Å². The lowest BCUT2D eigenvalue weighted by atomic mass is 10.0. The van der Waals surface area contributed by atoms with E-state index >= 15 is 0 Å². The van der Waals surface area contributed by atoms with Crippen molar-refractivity contribution < 1.29 is 9.53 Å².